The topological polar surface area (TPSA) is 23.5 Å². The standard InChI is InChI=1S/C17H27NO.ClH/c1-4-9-18(10-5-2)16-12-15-14(11-13(16)3)7-6-8-17(15)19;/h6-8,13,16,19H,4-5,9-12H2,1-3H3;1H/t13-,16+;/m0./s1. The Bertz CT molecular complexity index is 415. The molecule has 0 unspecified atom stereocenters. The third-order valence-corrected chi connectivity index (χ3v) is 4.35. The van der Waals surface area contributed by atoms with Crippen LogP contribution in [0.4, 0.5) is 0 Å². The number of nitrogens with zero attached hydrogens (tertiary/aromatic N) is 1. The molecule has 1 aromatic carbocycles. The lowest BCUT2D eigenvalue weighted by atomic mass is 9.80. The maximum absolute atomic E-state index is 10.1. The van der Waals surface area contributed by atoms with Gasteiger partial charge in [0, 0.05) is 6.04 Å². The van der Waals surface area contributed by atoms with Gasteiger partial charge >= 0.3 is 0 Å². The Labute approximate surface area is 129 Å². The second-order valence-electron chi connectivity index (χ2n) is 5.90. The molecule has 0 saturated carbocycles. The monoisotopic (exact) mass is 297 g/mol. The van der Waals surface area contributed by atoms with E-state index in [1.54, 1.807) is 0 Å². The van der Waals surface area contributed by atoms with Crippen LogP contribution in [-0.4, -0.2) is 29.1 Å². The van der Waals surface area contributed by atoms with E-state index in [2.05, 4.69) is 31.7 Å². The van der Waals surface area contributed by atoms with Crippen LogP contribution < -0.4 is 0 Å². The second-order valence-corrected chi connectivity index (χ2v) is 5.90. The largest absolute Gasteiger partial charge is 0.508 e. The van der Waals surface area contributed by atoms with Gasteiger partial charge in [-0.05, 0) is 61.9 Å². The number of fused-ring (bicyclic) bond motifs is 1. The predicted molar refractivity (Wildman–Crippen MR) is 87.9 cm³/mol. The number of halogens is 1. The zero-order valence-electron chi connectivity index (χ0n) is 12.9. The average molecular weight is 298 g/mol. The minimum Gasteiger partial charge on any atom is -0.508 e. The number of aromatic hydroxyl groups is 1. The van der Waals surface area contributed by atoms with Crippen LogP contribution in [0.25, 0.3) is 0 Å². The molecule has 1 aliphatic rings. The van der Waals surface area contributed by atoms with Crippen molar-refractivity contribution in [3.05, 3.63) is 29.3 Å². The molecule has 0 aromatic heterocycles. The lowest BCUT2D eigenvalue weighted by Gasteiger charge is -2.39. The van der Waals surface area contributed by atoms with Crippen LogP contribution in [0.2, 0.25) is 0 Å². The Morgan fingerprint density at radius 1 is 1.15 bits per heavy atom. The molecule has 0 heterocycles. The molecule has 1 aliphatic carbocycles. The fourth-order valence-electron chi connectivity index (χ4n) is 3.45. The van der Waals surface area contributed by atoms with Crippen molar-refractivity contribution < 1.29 is 5.11 Å². The van der Waals surface area contributed by atoms with Crippen LogP contribution in [0.15, 0.2) is 18.2 Å². The molecule has 3 heteroatoms. The highest BCUT2D eigenvalue weighted by Gasteiger charge is 2.30. The van der Waals surface area contributed by atoms with Gasteiger partial charge in [-0.1, -0.05) is 32.9 Å². The summed E-state index contributed by atoms with van der Waals surface area (Å²) in [5.74, 6) is 1.16. The quantitative estimate of drug-likeness (QED) is 0.886. The highest BCUT2D eigenvalue weighted by molar-refractivity contribution is 5.85. The Morgan fingerprint density at radius 2 is 1.80 bits per heavy atom. The molecule has 0 spiro atoms. The van der Waals surface area contributed by atoms with Crippen molar-refractivity contribution in [2.24, 2.45) is 5.92 Å². The minimum atomic E-state index is 0. The highest BCUT2D eigenvalue weighted by Crippen LogP contribution is 2.33. The van der Waals surface area contributed by atoms with Crippen LogP contribution in [-0.2, 0) is 12.8 Å². The summed E-state index contributed by atoms with van der Waals surface area (Å²) in [6.07, 6.45) is 4.51. The molecule has 0 aliphatic heterocycles. The molecule has 2 rings (SSSR count). The molecule has 0 amide bonds. The van der Waals surface area contributed by atoms with E-state index >= 15 is 0 Å². The van der Waals surface area contributed by atoms with Gasteiger partial charge in [0.05, 0.1) is 0 Å². The van der Waals surface area contributed by atoms with E-state index in [-0.39, 0.29) is 12.4 Å². The second kappa shape index (κ2) is 7.90. The minimum absolute atomic E-state index is 0. The summed E-state index contributed by atoms with van der Waals surface area (Å²) < 4.78 is 0. The summed E-state index contributed by atoms with van der Waals surface area (Å²) >= 11 is 0. The Kier molecular flexibility index (Phi) is 6.84. The van der Waals surface area contributed by atoms with Crippen molar-refractivity contribution in [3.8, 4) is 5.75 Å². The predicted octanol–water partition coefficient (Wildman–Crippen LogP) is 4.04. The lowest BCUT2D eigenvalue weighted by Crippen LogP contribution is -2.45. The highest BCUT2D eigenvalue weighted by atomic mass is 35.5. The fourth-order valence-corrected chi connectivity index (χ4v) is 3.45. The number of phenols is 1. The number of benzene rings is 1. The first kappa shape index (κ1) is 17.3. The van der Waals surface area contributed by atoms with E-state index < -0.39 is 0 Å². The molecular formula is C17H28ClNO. The van der Waals surface area contributed by atoms with Gasteiger partial charge in [-0.3, -0.25) is 4.90 Å². The van der Waals surface area contributed by atoms with E-state index in [0.717, 1.165) is 12.8 Å². The van der Waals surface area contributed by atoms with Crippen LogP contribution >= 0.6 is 12.4 Å². The van der Waals surface area contributed by atoms with Gasteiger partial charge in [-0.15, -0.1) is 12.4 Å². The van der Waals surface area contributed by atoms with Crippen molar-refractivity contribution >= 4 is 12.4 Å². The number of hydrogen-bond donors (Lipinski definition) is 1. The van der Waals surface area contributed by atoms with Gasteiger partial charge < -0.3 is 5.11 Å². The van der Waals surface area contributed by atoms with Crippen molar-refractivity contribution in [3.63, 3.8) is 0 Å². The maximum atomic E-state index is 10.1. The van der Waals surface area contributed by atoms with Gasteiger partial charge in [0.2, 0.25) is 0 Å². The summed E-state index contributed by atoms with van der Waals surface area (Å²) in [5.41, 5.74) is 2.53. The van der Waals surface area contributed by atoms with Gasteiger partial charge in [-0.2, -0.15) is 0 Å². The molecule has 20 heavy (non-hydrogen) atoms. The first-order valence-electron chi connectivity index (χ1n) is 7.71. The van der Waals surface area contributed by atoms with E-state index in [1.165, 1.54) is 37.1 Å². The van der Waals surface area contributed by atoms with Gasteiger partial charge in [0.15, 0.2) is 0 Å². The van der Waals surface area contributed by atoms with E-state index in [9.17, 15) is 5.11 Å². The smallest absolute Gasteiger partial charge is 0.119 e. The third-order valence-electron chi connectivity index (χ3n) is 4.35. The zero-order chi connectivity index (χ0) is 13.8. The molecule has 2 nitrogen and oxygen atoms in total. The normalized spacial score (nSPS) is 21.4. The number of phenolic OH excluding ortho intramolecular Hbond substituents is 1. The molecule has 0 radical (unpaired) electrons. The Hall–Kier alpha value is -0.730. The lowest BCUT2D eigenvalue weighted by molar-refractivity contribution is 0.138. The molecule has 2 atom stereocenters. The number of hydrogen-bond acceptors (Lipinski definition) is 2. The average Bonchev–Trinajstić information content (AvgIpc) is 2.38. The molecular weight excluding hydrogens is 270 g/mol. The fraction of sp³-hybridized carbons (Fsp3) is 0.647. The SMILES string of the molecule is CCCN(CCC)[C@@H]1Cc2c(O)cccc2C[C@@H]1C.Cl. The van der Waals surface area contributed by atoms with Crippen LogP contribution in [0.3, 0.4) is 0 Å². The van der Waals surface area contributed by atoms with Crippen LogP contribution in [0.1, 0.15) is 44.7 Å². The van der Waals surface area contributed by atoms with Crippen LogP contribution in [0.5, 0.6) is 5.75 Å². The van der Waals surface area contributed by atoms with Crippen molar-refractivity contribution in [2.45, 2.75) is 52.5 Å². The molecule has 0 bridgehead atoms. The van der Waals surface area contributed by atoms with E-state index in [0.29, 0.717) is 17.7 Å². The molecule has 114 valence electrons. The van der Waals surface area contributed by atoms with E-state index in [1.807, 2.05) is 12.1 Å². The summed E-state index contributed by atoms with van der Waals surface area (Å²) in [6.45, 7) is 9.21. The maximum Gasteiger partial charge on any atom is 0.119 e. The summed E-state index contributed by atoms with van der Waals surface area (Å²) in [4.78, 5) is 2.63. The van der Waals surface area contributed by atoms with Gasteiger partial charge in [0.25, 0.3) is 0 Å². The first-order chi connectivity index (χ1) is 9.17. The molecule has 1 N–H and O–H groups in total. The van der Waals surface area contributed by atoms with Crippen molar-refractivity contribution in [1.82, 2.24) is 4.90 Å². The summed E-state index contributed by atoms with van der Waals surface area (Å²) in [6, 6.07) is 6.55. The summed E-state index contributed by atoms with van der Waals surface area (Å²) in [7, 11) is 0. The first-order valence-corrected chi connectivity index (χ1v) is 7.71. The molecule has 1 aromatic rings. The Morgan fingerprint density at radius 3 is 2.40 bits per heavy atom. The zero-order valence-corrected chi connectivity index (χ0v) is 13.7. The van der Waals surface area contributed by atoms with Gasteiger partial charge in [0.1, 0.15) is 5.75 Å². The third kappa shape index (κ3) is 3.67. The molecule has 0 saturated heterocycles. The molecule has 0 fully saturated rings. The van der Waals surface area contributed by atoms with Crippen molar-refractivity contribution in [1.29, 1.82) is 0 Å². The Balaban J connectivity index is 0.00000200. The van der Waals surface area contributed by atoms with Crippen molar-refractivity contribution in [2.75, 3.05) is 13.1 Å². The van der Waals surface area contributed by atoms with Crippen LogP contribution in [0, 0.1) is 5.92 Å². The van der Waals surface area contributed by atoms with E-state index in [4.69, 9.17) is 0 Å². The van der Waals surface area contributed by atoms with Gasteiger partial charge in [-0.25, -0.2) is 0 Å². The number of rotatable bonds is 5. The summed E-state index contributed by atoms with van der Waals surface area (Å²) in [5, 5.41) is 10.1.